The smallest absolute Gasteiger partial charge is 0.378 e. The highest BCUT2D eigenvalue weighted by Crippen LogP contribution is 2.40. The maximum Gasteiger partial charge on any atom is 0.378 e. The summed E-state index contributed by atoms with van der Waals surface area (Å²) < 4.78 is 3.40. The zero-order valence-corrected chi connectivity index (χ0v) is 17.2. The molecule has 0 spiro atoms. The van der Waals surface area contributed by atoms with Gasteiger partial charge in [0.2, 0.25) is 5.82 Å². The van der Waals surface area contributed by atoms with Gasteiger partial charge in [-0.3, -0.25) is 4.79 Å². The van der Waals surface area contributed by atoms with E-state index in [1.54, 1.807) is 22.0 Å². The molecule has 1 aliphatic rings. The Labute approximate surface area is 169 Å². The lowest BCUT2D eigenvalue weighted by Gasteiger charge is -2.25. The quantitative estimate of drug-likeness (QED) is 0.664. The minimum Gasteiger partial charge on any atom is -0.478 e. The highest BCUT2D eigenvalue weighted by molar-refractivity contribution is 6.07. The number of rotatable bonds is 4. The molecule has 2 N–H and O–H groups in total. The van der Waals surface area contributed by atoms with Crippen LogP contribution in [0.2, 0.25) is 0 Å². The van der Waals surface area contributed by atoms with Crippen LogP contribution in [0.1, 0.15) is 41.5 Å². The number of pyridine rings is 1. The van der Waals surface area contributed by atoms with Gasteiger partial charge in [0.15, 0.2) is 5.52 Å². The summed E-state index contributed by atoms with van der Waals surface area (Å²) in [5.74, 6) is 0.00635. The number of carbonyl (C=O) groups excluding carboxylic acids is 1. The Hall–Kier alpha value is -3.35. The summed E-state index contributed by atoms with van der Waals surface area (Å²) in [5, 5.41) is 13.3. The summed E-state index contributed by atoms with van der Waals surface area (Å²) in [6.07, 6.45) is 1.82. The first kappa shape index (κ1) is 19.0. The van der Waals surface area contributed by atoms with Crippen LogP contribution in [0, 0.1) is 12.8 Å². The molecule has 0 saturated heterocycles. The van der Waals surface area contributed by atoms with Crippen molar-refractivity contribution in [2.75, 3.05) is 17.3 Å². The van der Waals surface area contributed by atoms with E-state index in [0.29, 0.717) is 22.8 Å². The number of hydrogen-bond donors (Lipinski definition) is 2. The molecule has 7 nitrogen and oxygen atoms in total. The van der Waals surface area contributed by atoms with Crippen LogP contribution in [0.4, 0.5) is 17.5 Å². The van der Waals surface area contributed by atoms with Crippen molar-refractivity contribution in [3.63, 3.8) is 0 Å². The van der Waals surface area contributed by atoms with Gasteiger partial charge in [-0.15, -0.1) is 4.57 Å². The predicted molar refractivity (Wildman–Crippen MR) is 111 cm³/mol. The molecule has 0 radical (unpaired) electrons. The van der Waals surface area contributed by atoms with Crippen LogP contribution >= 0.6 is 0 Å². The van der Waals surface area contributed by atoms with Crippen molar-refractivity contribution >= 4 is 34.8 Å². The predicted octanol–water partition coefficient (Wildman–Crippen LogP) is 3.48. The van der Waals surface area contributed by atoms with Gasteiger partial charge < -0.3 is 10.4 Å². The number of fused-ring (bicyclic) bond motifs is 3. The molecule has 7 heteroatoms. The number of benzene rings is 1. The molecule has 1 unspecified atom stereocenters. The monoisotopic (exact) mass is 393 g/mol. The fraction of sp³-hybridized carbons (Fsp3) is 0.318. The number of hydrogen-bond acceptors (Lipinski definition) is 4. The lowest BCUT2D eigenvalue weighted by Crippen LogP contribution is -2.46. The van der Waals surface area contributed by atoms with E-state index in [1.165, 1.54) is 0 Å². The summed E-state index contributed by atoms with van der Waals surface area (Å²) in [5.41, 5.74) is 1.40. The summed E-state index contributed by atoms with van der Waals surface area (Å²) in [7, 11) is 1.88. The lowest BCUT2D eigenvalue weighted by molar-refractivity contribution is -0.497. The number of carboxylic acids is 1. The van der Waals surface area contributed by atoms with Crippen molar-refractivity contribution in [2.24, 2.45) is 5.92 Å². The molecule has 1 aromatic carbocycles. The van der Waals surface area contributed by atoms with Gasteiger partial charge in [0.25, 0.3) is 0 Å². The van der Waals surface area contributed by atoms with Crippen molar-refractivity contribution in [1.29, 1.82) is 0 Å². The van der Waals surface area contributed by atoms with Crippen molar-refractivity contribution < 1.29 is 19.1 Å². The van der Waals surface area contributed by atoms with Gasteiger partial charge in [-0.25, -0.2) is 9.69 Å². The van der Waals surface area contributed by atoms with Crippen LogP contribution in [0.5, 0.6) is 0 Å². The molecule has 0 bridgehead atoms. The van der Waals surface area contributed by atoms with Gasteiger partial charge in [0.05, 0.1) is 13.2 Å². The first-order chi connectivity index (χ1) is 13.7. The molecule has 3 aromatic rings. The third-order valence-electron chi connectivity index (χ3n) is 6.05. The number of imidazole rings is 1. The Morgan fingerprint density at radius 2 is 1.90 bits per heavy atom. The molecule has 1 aliphatic heterocycles. The maximum atomic E-state index is 13.6. The van der Waals surface area contributed by atoms with Gasteiger partial charge in [-0.05, 0) is 43.5 Å². The molecule has 150 valence electrons. The molecule has 3 heterocycles. The van der Waals surface area contributed by atoms with E-state index in [0.717, 1.165) is 5.69 Å². The van der Waals surface area contributed by atoms with E-state index >= 15 is 0 Å². The van der Waals surface area contributed by atoms with Crippen LogP contribution in [0.3, 0.4) is 0 Å². The third kappa shape index (κ3) is 2.53. The number of para-hydroxylation sites is 1. The van der Waals surface area contributed by atoms with Gasteiger partial charge in [-0.1, -0.05) is 32.0 Å². The second-order valence-corrected chi connectivity index (χ2v) is 8.06. The second-order valence-electron chi connectivity index (χ2n) is 8.06. The number of aromatic nitrogens is 2. The maximum absolute atomic E-state index is 13.6. The minimum atomic E-state index is -1.02. The fourth-order valence-corrected chi connectivity index (χ4v) is 3.94. The van der Waals surface area contributed by atoms with E-state index in [9.17, 15) is 14.7 Å². The Kier molecular flexibility index (Phi) is 4.15. The molecule has 0 aliphatic carbocycles. The molecule has 4 rings (SSSR count). The highest BCUT2D eigenvalue weighted by Gasteiger charge is 2.52. The Bertz CT molecular complexity index is 1150. The number of aromatic carboxylic acids is 1. The molecule has 0 saturated carbocycles. The molecule has 0 amide bonds. The fourth-order valence-electron chi connectivity index (χ4n) is 3.94. The van der Waals surface area contributed by atoms with Crippen molar-refractivity contribution in [2.45, 2.75) is 33.2 Å². The van der Waals surface area contributed by atoms with Crippen LogP contribution in [-0.2, 0) is 0 Å². The topological polar surface area (TPSA) is 78.7 Å². The minimum absolute atomic E-state index is 0.0166. The average molecular weight is 393 g/mol. The first-order valence-corrected chi connectivity index (χ1v) is 9.63. The van der Waals surface area contributed by atoms with Crippen LogP contribution in [-0.4, -0.2) is 34.1 Å². The number of aryl methyl sites for hydroxylation is 1. The van der Waals surface area contributed by atoms with Crippen LogP contribution < -0.4 is 14.6 Å². The molecule has 1 atom stereocenters. The van der Waals surface area contributed by atoms with Crippen molar-refractivity contribution in [3.8, 4) is 0 Å². The molecule has 2 aromatic heterocycles. The van der Waals surface area contributed by atoms with Crippen LogP contribution in [0.15, 0.2) is 42.6 Å². The second kappa shape index (κ2) is 6.34. The van der Waals surface area contributed by atoms with Crippen molar-refractivity contribution in [3.05, 3.63) is 53.7 Å². The SMILES string of the molecule is Cc1cc[n+]2c(N(C)c3ccccc3)n3c(c2c1C(=O)O)NC(C)(C(C)C)C3=O. The molecular formula is C22H25N4O3+. The average Bonchev–Trinajstić information content (AvgIpc) is 3.14. The van der Waals surface area contributed by atoms with Gasteiger partial charge in [0, 0.05) is 0 Å². The molecular weight excluding hydrogens is 368 g/mol. The Balaban J connectivity index is 2.10. The number of carboxylic acid groups (broad SMARTS) is 1. The lowest BCUT2D eigenvalue weighted by atomic mass is 9.88. The molecule has 0 fully saturated rings. The van der Waals surface area contributed by atoms with Crippen LogP contribution in [0.25, 0.3) is 5.52 Å². The summed E-state index contributed by atoms with van der Waals surface area (Å²) in [6, 6.07) is 11.5. The Morgan fingerprint density at radius 3 is 2.48 bits per heavy atom. The van der Waals surface area contributed by atoms with Gasteiger partial charge in [-0.2, -0.15) is 4.40 Å². The highest BCUT2D eigenvalue weighted by atomic mass is 16.4. The van der Waals surface area contributed by atoms with E-state index in [2.05, 4.69) is 5.32 Å². The number of carbonyl (C=O) groups is 2. The number of anilines is 3. The third-order valence-corrected chi connectivity index (χ3v) is 6.05. The molecule has 29 heavy (non-hydrogen) atoms. The summed E-state index contributed by atoms with van der Waals surface area (Å²) in [4.78, 5) is 27.6. The number of nitrogens with zero attached hydrogens (tertiary/aromatic N) is 3. The summed E-state index contributed by atoms with van der Waals surface area (Å²) >= 11 is 0. The Morgan fingerprint density at radius 1 is 1.24 bits per heavy atom. The van der Waals surface area contributed by atoms with Gasteiger partial charge >= 0.3 is 17.8 Å². The standard InChI is InChI=1S/C22H24N4O3/c1-13(2)22(4)20(29)26-18(23-22)17-16(19(27)28)14(3)11-12-25(17)21(26)24(5)15-9-7-6-8-10-15/h6-13,23H,1-5H3/p+1. The number of nitrogens with one attached hydrogen (secondary N) is 1. The normalized spacial score (nSPS) is 18.2. The zero-order valence-electron chi connectivity index (χ0n) is 17.2. The first-order valence-electron chi connectivity index (χ1n) is 9.63. The van der Waals surface area contributed by atoms with E-state index in [-0.39, 0.29) is 17.4 Å². The van der Waals surface area contributed by atoms with Gasteiger partial charge in [0.1, 0.15) is 16.8 Å². The largest absolute Gasteiger partial charge is 0.478 e. The van der Waals surface area contributed by atoms with Crippen molar-refractivity contribution in [1.82, 2.24) is 4.57 Å². The van der Waals surface area contributed by atoms with E-state index in [4.69, 9.17) is 0 Å². The zero-order chi connectivity index (χ0) is 21.1. The van der Waals surface area contributed by atoms with E-state index < -0.39 is 11.5 Å². The summed E-state index contributed by atoms with van der Waals surface area (Å²) in [6.45, 7) is 7.60. The van der Waals surface area contributed by atoms with E-state index in [1.807, 2.05) is 69.2 Å².